The third kappa shape index (κ3) is 5.61. The fraction of sp³-hybridized carbons (Fsp3) is 0.345. The number of benzene rings is 1. The van der Waals surface area contributed by atoms with Crippen molar-refractivity contribution in [3.63, 3.8) is 0 Å². The van der Waals surface area contributed by atoms with Gasteiger partial charge in [0.1, 0.15) is 18.2 Å². The van der Waals surface area contributed by atoms with E-state index in [2.05, 4.69) is 20.5 Å². The van der Waals surface area contributed by atoms with E-state index >= 15 is 0 Å². The van der Waals surface area contributed by atoms with Gasteiger partial charge in [-0.3, -0.25) is 4.90 Å². The van der Waals surface area contributed by atoms with Crippen molar-refractivity contribution in [2.45, 2.75) is 45.1 Å². The van der Waals surface area contributed by atoms with Gasteiger partial charge in [0.2, 0.25) is 5.88 Å². The zero-order chi connectivity index (χ0) is 26.9. The van der Waals surface area contributed by atoms with Crippen LogP contribution in [0.25, 0.3) is 11.6 Å². The Morgan fingerprint density at radius 2 is 2.13 bits per heavy atom. The van der Waals surface area contributed by atoms with E-state index in [0.717, 1.165) is 61.0 Å². The highest BCUT2D eigenvalue weighted by Crippen LogP contribution is 2.30. The van der Waals surface area contributed by atoms with Gasteiger partial charge >= 0.3 is 5.97 Å². The largest absolute Gasteiger partial charge is 0.478 e. The topological polar surface area (TPSA) is 89.7 Å². The summed E-state index contributed by atoms with van der Waals surface area (Å²) in [5, 5.41) is 9.77. The van der Waals surface area contributed by atoms with Crippen LogP contribution in [0.5, 0.6) is 5.88 Å². The number of carbonyl (C=O) groups is 1. The Hall–Kier alpha value is -3.53. The summed E-state index contributed by atoms with van der Waals surface area (Å²) < 4.78 is 27.7. The molecule has 3 aromatic rings. The van der Waals surface area contributed by atoms with Crippen LogP contribution in [0.2, 0.25) is 5.02 Å². The predicted octanol–water partition coefficient (Wildman–Crippen LogP) is 4.75. The number of aromatic nitrogens is 3. The smallest absolute Gasteiger partial charge is 0.332 e. The summed E-state index contributed by atoms with van der Waals surface area (Å²) in [7, 11) is 0. The number of carboxylic acid groups (broad SMARTS) is 1. The van der Waals surface area contributed by atoms with Gasteiger partial charge in [0, 0.05) is 54.0 Å². The number of carboxylic acids is 1. The minimum atomic E-state index is -0.894. The number of rotatable bonds is 9. The fourth-order valence-corrected chi connectivity index (χ4v) is 5.27. The number of aliphatic carboxylic acids is 1. The Morgan fingerprint density at radius 3 is 2.85 bits per heavy atom. The van der Waals surface area contributed by atoms with Crippen LogP contribution >= 0.6 is 11.6 Å². The van der Waals surface area contributed by atoms with Crippen LogP contribution in [0.4, 0.5) is 4.39 Å². The lowest BCUT2D eigenvalue weighted by Gasteiger charge is -2.30. The molecule has 6 rings (SSSR count). The fourth-order valence-electron chi connectivity index (χ4n) is 5.11. The molecule has 1 N–H and O–H groups in total. The number of imidazole rings is 1. The molecule has 0 bridgehead atoms. The lowest BCUT2D eigenvalue weighted by atomic mass is 10.0. The second-order valence-corrected chi connectivity index (χ2v) is 10.4. The molecular weight excluding hydrogens is 523 g/mol. The Labute approximate surface area is 230 Å². The highest BCUT2D eigenvalue weighted by molar-refractivity contribution is 6.30. The third-order valence-electron chi connectivity index (χ3n) is 7.41. The molecule has 10 heteroatoms. The zero-order valence-corrected chi connectivity index (χ0v) is 22.0. The first-order valence-corrected chi connectivity index (χ1v) is 13.4. The summed E-state index contributed by atoms with van der Waals surface area (Å²) in [6.07, 6.45) is 6.23. The van der Waals surface area contributed by atoms with Gasteiger partial charge in [-0.15, -0.1) is 0 Å². The van der Waals surface area contributed by atoms with E-state index < -0.39 is 11.8 Å². The van der Waals surface area contributed by atoms with Crippen LogP contribution in [0, 0.1) is 5.82 Å². The van der Waals surface area contributed by atoms with Crippen molar-refractivity contribution in [1.29, 1.82) is 0 Å². The SMILES string of the molecule is O=C(O)C1=Cc2nc(CN3CC=C(c4cccc(OCc5ccc(Cl)cc5F)n4)CC3)n(CC3CCO3)c2C1. The van der Waals surface area contributed by atoms with Crippen molar-refractivity contribution >= 4 is 29.2 Å². The average molecular weight is 551 g/mol. The second-order valence-electron chi connectivity index (χ2n) is 10.0. The van der Waals surface area contributed by atoms with Crippen molar-refractivity contribution in [2.24, 2.45) is 0 Å². The Bertz CT molecular complexity index is 1480. The normalized spacial score (nSPS) is 18.8. The molecule has 0 amide bonds. The van der Waals surface area contributed by atoms with E-state index in [1.807, 2.05) is 12.1 Å². The quantitative estimate of drug-likeness (QED) is 0.411. The highest BCUT2D eigenvalue weighted by Gasteiger charge is 2.29. The first-order valence-electron chi connectivity index (χ1n) is 13.0. The molecule has 0 radical (unpaired) electrons. The van der Waals surface area contributed by atoms with Crippen molar-refractivity contribution in [3.8, 4) is 5.88 Å². The molecule has 1 unspecified atom stereocenters. The zero-order valence-electron chi connectivity index (χ0n) is 21.3. The maximum Gasteiger partial charge on any atom is 0.332 e. The molecule has 4 heterocycles. The summed E-state index contributed by atoms with van der Waals surface area (Å²) in [4.78, 5) is 23.3. The number of hydrogen-bond donors (Lipinski definition) is 1. The molecule has 1 fully saturated rings. The van der Waals surface area contributed by atoms with E-state index in [1.54, 1.807) is 24.3 Å². The molecule has 202 valence electrons. The van der Waals surface area contributed by atoms with Gasteiger partial charge in [-0.05, 0) is 42.7 Å². The van der Waals surface area contributed by atoms with Crippen molar-refractivity contribution < 1.29 is 23.8 Å². The molecule has 1 atom stereocenters. The maximum absolute atomic E-state index is 14.1. The monoisotopic (exact) mass is 550 g/mol. The van der Waals surface area contributed by atoms with Crippen molar-refractivity contribution in [2.75, 3.05) is 19.7 Å². The van der Waals surface area contributed by atoms with Gasteiger partial charge in [0.15, 0.2) is 0 Å². The summed E-state index contributed by atoms with van der Waals surface area (Å²) in [5.74, 6) is 0.0813. The summed E-state index contributed by atoms with van der Waals surface area (Å²) in [6.45, 7) is 3.78. The molecular formula is C29H28ClFN4O4. The van der Waals surface area contributed by atoms with E-state index in [1.165, 1.54) is 6.07 Å². The molecule has 8 nitrogen and oxygen atoms in total. The van der Waals surface area contributed by atoms with Crippen molar-refractivity contribution in [3.05, 3.63) is 87.4 Å². The number of nitrogens with zero attached hydrogens (tertiary/aromatic N) is 4. The molecule has 39 heavy (non-hydrogen) atoms. The van der Waals surface area contributed by atoms with Gasteiger partial charge in [0.25, 0.3) is 0 Å². The standard InChI is InChI=1S/C29H28ClFN4O4/c30-21-5-4-19(23(31)14-21)17-39-28-3-1-2-24(33-28)18-6-9-34(10-7-18)16-27-32-25-12-20(29(36)37)13-26(25)35(27)15-22-8-11-38-22/h1-6,12,14,22H,7-11,13,15-17H2,(H,36,37). The molecule has 1 aromatic carbocycles. The number of pyridine rings is 1. The molecule has 0 spiro atoms. The van der Waals surface area contributed by atoms with Gasteiger partial charge in [-0.2, -0.15) is 0 Å². The first kappa shape index (κ1) is 25.7. The van der Waals surface area contributed by atoms with E-state index in [4.69, 9.17) is 26.1 Å². The van der Waals surface area contributed by atoms with Crippen LogP contribution in [0.1, 0.15) is 41.3 Å². The molecule has 2 aliphatic heterocycles. The summed E-state index contributed by atoms with van der Waals surface area (Å²) in [5.41, 5.74) is 4.50. The van der Waals surface area contributed by atoms with E-state index in [9.17, 15) is 14.3 Å². The van der Waals surface area contributed by atoms with E-state index in [0.29, 0.717) is 41.5 Å². The third-order valence-corrected chi connectivity index (χ3v) is 7.64. The number of halogens is 2. The molecule has 1 aliphatic carbocycles. The van der Waals surface area contributed by atoms with E-state index in [-0.39, 0.29) is 12.7 Å². The van der Waals surface area contributed by atoms with Crippen LogP contribution < -0.4 is 4.74 Å². The minimum absolute atomic E-state index is 0.0674. The molecule has 2 aromatic heterocycles. The average Bonchev–Trinajstić information content (AvgIpc) is 3.45. The number of fused-ring (bicyclic) bond motifs is 1. The Kier molecular flexibility index (Phi) is 7.20. The molecule has 1 saturated heterocycles. The predicted molar refractivity (Wildman–Crippen MR) is 144 cm³/mol. The summed E-state index contributed by atoms with van der Waals surface area (Å²) in [6, 6.07) is 10.1. The molecule has 0 saturated carbocycles. The van der Waals surface area contributed by atoms with Crippen LogP contribution in [-0.2, 0) is 35.6 Å². The molecule has 3 aliphatic rings. The maximum atomic E-state index is 14.1. The van der Waals surface area contributed by atoms with Gasteiger partial charge in [0.05, 0.1) is 30.6 Å². The van der Waals surface area contributed by atoms with Crippen LogP contribution in [0.3, 0.4) is 0 Å². The minimum Gasteiger partial charge on any atom is -0.478 e. The first-order chi connectivity index (χ1) is 18.9. The number of hydrogen-bond acceptors (Lipinski definition) is 6. The highest BCUT2D eigenvalue weighted by atomic mass is 35.5. The van der Waals surface area contributed by atoms with Gasteiger partial charge in [-0.1, -0.05) is 29.8 Å². The van der Waals surface area contributed by atoms with Crippen LogP contribution in [-0.4, -0.2) is 56.3 Å². The lowest BCUT2D eigenvalue weighted by molar-refractivity contribution is -0.132. The summed E-state index contributed by atoms with van der Waals surface area (Å²) >= 11 is 5.83. The van der Waals surface area contributed by atoms with Gasteiger partial charge in [-0.25, -0.2) is 19.2 Å². The Morgan fingerprint density at radius 1 is 1.26 bits per heavy atom. The van der Waals surface area contributed by atoms with Gasteiger partial charge < -0.3 is 19.1 Å². The van der Waals surface area contributed by atoms with Crippen molar-refractivity contribution in [1.82, 2.24) is 19.4 Å². The number of ether oxygens (including phenoxy) is 2. The van der Waals surface area contributed by atoms with Crippen LogP contribution in [0.15, 0.2) is 48.0 Å². The second kappa shape index (κ2) is 10.9. The lowest BCUT2D eigenvalue weighted by Crippen LogP contribution is -2.34. The Balaban J connectivity index is 1.12.